The first-order valence-corrected chi connectivity index (χ1v) is 14.1. The molecule has 3 aromatic rings. The van der Waals surface area contributed by atoms with Crippen molar-refractivity contribution in [3.05, 3.63) is 89.9 Å². The summed E-state index contributed by atoms with van der Waals surface area (Å²) in [6.07, 6.45) is 4.31. The molecule has 4 heterocycles. The third kappa shape index (κ3) is 5.20. The number of carbonyl (C=O) groups is 2. The zero-order chi connectivity index (χ0) is 26.8. The van der Waals surface area contributed by atoms with E-state index < -0.39 is 0 Å². The Labute approximate surface area is 230 Å². The molecule has 3 saturated heterocycles. The van der Waals surface area contributed by atoms with E-state index in [1.807, 2.05) is 40.1 Å². The van der Waals surface area contributed by atoms with Crippen LogP contribution in [0.15, 0.2) is 77.4 Å². The van der Waals surface area contributed by atoms with Crippen LogP contribution in [0.25, 0.3) is 0 Å². The molecule has 0 aliphatic carbocycles. The Morgan fingerprint density at radius 1 is 0.949 bits per heavy atom. The summed E-state index contributed by atoms with van der Waals surface area (Å²) < 4.78 is 10.7. The van der Waals surface area contributed by atoms with Crippen molar-refractivity contribution in [2.75, 3.05) is 46.4 Å². The van der Waals surface area contributed by atoms with Gasteiger partial charge in [-0.2, -0.15) is 0 Å². The van der Waals surface area contributed by atoms with Crippen LogP contribution >= 0.6 is 0 Å². The van der Waals surface area contributed by atoms with Crippen LogP contribution in [0, 0.1) is 11.3 Å². The van der Waals surface area contributed by atoms with Crippen molar-refractivity contribution < 1.29 is 18.7 Å². The lowest BCUT2D eigenvalue weighted by Crippen LogP contribution is -2.46. The molecule has 6 rings (SSSR count). The first-order valence-electron chi connectivity index (χ1n) is 14.1. The predicted molar refractivity (Wildman–Crippen MR) is 148 cm³/mol. The molecule has 7 nitrogen and oxygen atoms in total. The van der Waals surface area contributed by atoms with Crippen molar-refractivity contribution in [3.8, 4) is 5.75 Å². The molecular formula is C32H37N3O4. The highest BCUT2D eigenvalue weighted by molar-refractivity contribution is 5.91. The number of nitrogens with zero attached hydrogens (tertiary/aromatic N) is 3. The average molecular weight is 528 g/mol. The summed E-state index contributed by atoms with van der Waals surface area (Å²) in [7, 11) is 1.67. The smallest absolute Gasteiger partial charge is 0.289 e. The number of amides is 2. The molecule has 204 valence electrons. The molecule has 3 aliphatic rings. The number of ether oxygens (including phenoxy) is 1. The topological polar surface area (TPSA) is 66.2 Å². The van der Waals surface area contributed by atoms with Gasteiger partial charge in [0.15, 0.2) is 5.76 Å². The summed E-state index contributed by atoms with van der Waals surface area (Å²) in [6.45, 7) is 5.68. The van der Waals surface area contributed by atoms with Crippen LogP contribution in [0.5, 0.6) is 5.75 Å². The summed E-state index contributed by atoms with van der Waals surface area (Å²) in [5, 5.41) is 0. The van der Waals surface area contributed by atoms with E-state index in [1.54, 1.807) is 25.5 Å². The van der Waals surface area contributed by atoms with E-state index in [0.717, 1.165) is 63.3 Å². The largest absolute Gasteiger partial charge is 0.497 e. The van der Waals surface area contributed by atoms with Gasteiger partial charge in [-0.05, 0) is 73.7 Å². The summed E-state index contributed by atoms with van der Waals surface area (Å²) >= 11 is 0. The molecule has 1 aromatic heterocycles. The third-order valence-electron chi connectivity index (χ3n) is 9.13. The van der Waals surface area contributed by atoms with Crippen LogP contribution < -0.4 is 4.74 Å². The molecule has 2 aromatic carbocycles. The number of likely N-dealkylation sites (tertiary alicyclic amines) is 3. The molecule has 3 aliphatic heterocycles. The van der Waals surface area contributed by atoms with Crippen LogP contribution in [0.3, 0.4) is 0 Å². The van der Waals surface area contributed by atoms with E-state index in [9.17, 15) is 9.59 Å². The zero-order valence-electron chi connectivity index (χ0n) is 22.6. The summed E-state index contributed by atoms with van der Waals surface area (Å²) in [6, 6.07) is 22.1. The second-order valence-electron chi connectivity index (χ2n) is 11.4. The molecule has 1 spiro atoms. The van der Waals surface area contributed by atoms with Crippen molar-refractivity contribution in [3.63, 3.8) is 0 Å². The maximum absolute atomic E-state index is 13.6. The molecule has 39 heavy (non-hydrogen) atoms. The minimum absolute atomic E-state index is 0.0328. The number of hydrogen-bond donors (Lipinski definition) is 0. The minimum Gasteiger partial charge on any atom is -0.497 e. The highest BCUT2D eigenvalue weighted by Gasteiger charge is 2.48. The van der Waals surface area contributed by atoms with E-state index in [0.29, 0.717) is 30.7 Å². The number of rotatable bonds is 7. The van der Waals surface area contributed by atoms with Gasteiger partial charge in [0.25, 0.3) is 5.91 Å². The number of furan rings is 1. The molecule has 2 unspecified atom stereocenters. The number of carbonyl (C=O) groups excluding carboxylic acids is 2. The zero-order valence-corrected chi connectivity index (χ0v) is 22.6. The molecule has 7 heteroatoms. The maximum atomic E-state index is 13.6. The van der Waals surface area contributed by atoms with E-state index in [1.165, 1.54) is 5.56 Å². The Kier molecular flexibility index (Phi) is 7.17. The molecule has 2 amide bonds. The quantitative estimate of drug-likeness (QED) is 0.447. The van der Waals surface area contributed by atoms with Crippen molar-refractivity contribution in [2.45, 2.75) is 31.7 Å². The monoisotopic (exact) mass is 527 g/mol. The van der Waals surface area contributed by atoms with Gasteiger partial charge in [0.2, 0.25) is 5.91 Å². The van der Waals surface area contributed by atoms with Gasteiger partial charge in [-0.15, -0.1) is 0 Å². The second-order valence-corrected chi connectivity index (χ2v) is 11.4. The van der Waals surface area contributed by atoms with Crippen LogP contribution in [0.4, 0.5) is 0 Å². The van der Waals surface area contributed by atoms with Gasteiger partial charge in [-0.1, -0.05) is 42.5 Å². The van der Waals surface area contributed by atoms with Gasteiger partial charge in [-0.3, -0.25) is 9.59 Å². The average Bonchev–Trinajstić information content (AvgIpc) is 3.73. The van der Waals surface area contributed by atoms with Crippen LogP contribution in [-0.4, -0.2) is 72.9 Å². The fourth-order valence-electron chi connectivity index (χ4n) is 6.81. The van der Waals surface area contributed by atoms with Crippen molar-refractivity contribution >= 4 is 11.8 Å². The standard InChI is InChI=1S/C32H37N3O4/c1-38-27-11-9-24(10-12-27)20-34-18-15-32(31(34)37)13-16-33(17-14-32)21-26-22-35(30(36)29-8-5-19-39-29)23-28(26)25-6-3-2-4-7-25/h2-12,19,26,28H,13-18,20-23H2,1H3. The lowest BCUT2D eigenvalue weighted by atomic mass is 9.76. The van der Waals surface area contributed by atoms with Crippen molar-refractivity contribution in [1.82, 2.24) is 14.7 Å². The van der Waals surface area contributed by atoms with Crippen molar-refractivity contribution in [1.29, 1.82) is 0 Å². The summed E-state index contributed by atoms with van der Waals surface area (Å²) in [5.41, 5.74) is 2.20. The second kappa shape index (κ2) is 10.9. The Hall–Kier alpha value is -3.58. The van der Waals surface area contributed by atoms with Gasteiger partial charge in [-0.25, -0.2) is 0 Å². The lowest BCUT2D eigenvalue weighted by molar-refractivity contribution is -0.139. The number of benzene rings is 2. The molecule has 0 saturated carbocycles. The van der Waals surface area contributed by atoms with Gasteiger partial charge < -0.3 is 23.9 Å². The molecule has 0 radical (unpaired) electrons. The van der Waals surface area contributed by atoms with Gasteiger partial charge in [0, 0.05) is 38.6 Å². The Bertz CT molecular complexity index is 1270. The number of piperidine rings is 1. The van der Waals surface area contributed by atoms with Crippen LogP contribution in [0.1, 0.15) is 46.9 Å². The minimum atomic E-state index is -0.223. The Balaban J connectivity index is 1.08. The molecule has 2 atom stereocenters. The highest BCUT2D eigenvalue weighted by atomic mass is 16.5. The van der Waals surface area contributed by atoms with E-state index >= 15 is 0 Å². The third-order valence-corrected chi connectivity index (χ3v) is 9.13. The number of methoxy groups -OCH3 is 1. The van der Waals surface area contributed by atoms with E-state index in [4.69, 9.17) is 9.15 Å². The SMILES string of the molecule is COc1ccc(CN2CCC3(CCN(CC4CN(C(=O)c5ccco5)CC4c4ccccc4)CC3)C2=O)cc1. The summed E-state index contributed by atoms with van der Waals surface area (Å²) in [5.74, 6) is 2.15. The highest BCUT2D eigenvalue weighted by Crippen LogP contribution is 2.43. The normalized spacial score (nSPS) is 23.1. The molecular weight excluding hydrogens is 490 g/mol. The first-order chi connectivity index (χ1) is 19.0. The Morgan fingerprint density at radius 2 is 1.69 bits per heavy atom. The fourth-order valence-corrected chi connectivity index (χ4v) is 6.81. The first kappa shape index (κ1) is 25.7. The fraction of sp³-hybridized carbons (Fsp3) is 0.438. The van der Waals surface area contributed by atoms with Crippen LogP contribution in [-0.2, 0) is 11.3 Å². The molecule has 0 bridgehead atoms. The van der Waals surface area contributed by atoms with Gasteiger partial charge in [0.05, 0.1) is 18.8 Å². The van der Waals surface area contributed by atoms with Crippen LogP contribution in [0.2, 0.25) is 0 Å². The van der Waals surface area contributed by atoms with Gasteiger partial charge >= 0.3 is 0 Å². The van der Waals surface area contributed by atoms with E-state index in [2.05, 4.69) is 29.2 Å². The predicted octanol–water partition coefficient (Wildman–Crippen LogP) is 4.66. The molecule has 0 N–H and O–H groups in total. The molecule has 3 fully saturated rings. The van der Waals surface area contributed by atoms with Crippen molar-refractivity contribution in [2.24, 2.45) is 11.3 Å². The lowest BCUT2D eigenvalue weighted by Gasteiger charge is -2.39. The van der Waals surface area contributed by atoms with Gasteiger partial charge in [0.1, 0.15) is 5.75 Å². The van der Waals surface area contributed by atoms with E-state index in [-0.39, 0.29) is 17.2 Å². The summed E-state index contributed by atoms with van der Waals surface area (Å²) in [4.78, 5) is 33.2. The Morgan fingerprint density at radius 3 is 2.38 bits per heavy atom. The maximum Gasteiger partial charge on any atom is 0.289 e. The number of hydrogen-bond acceptors (Lipinski definition) is 5.